The maximum Gasteiger partial charge on any atom is 0.408 e. The molecule has 9 heteroatoms. The molecule has 2 heterocycles. The zero-order valence-corrected chi connectivity index (χ0v) is 21.4. The first-order valence-corrected chi connectivity index (χ1v) is 12.3. The van der Waals surface area contributed by atoms with Crippen molar-refractivity contribution in [1.29, 1.82) is 0 Å². The number of anilines is 1. The molecule has 2 N–H and O–H groups in total. The molecule has 37 heavy (non-hydrogen) atoms. The maximum atomic E-state index is 12.5. The van der Waals surface area contributed by atoms with Gasteiger partial charge in [-0.2, -0.15) is 4.98 Å². The highest BCUT2D eigenvalue weighted by atomic mass is 16.6. The highest BCUT2D eigenvalue weighted by Gasteiger charge is 2.41. The Labute approximate surface area is 215 Å². The molecule has 9 nitrogen and oxygen atoms in total. The van der Waals surface area contributed by atoms with Gasteiger partial charge in [0.1, 0.15) is 5.60 Å². The zero-order chi connectivity index (χ0) is 26.2. The Morgan fingerprint density at radius 1 is 0.973 bits per heavy atom. The van der Waals surface area contributed by atoms with Crippen LogP contribution in [0.5, 0.6) is 0 Å². The first-order chi connectivity index (χ1) is 17.6. The minimum Gasteiger partial charge on any atom is -0.444 e. The first kappa shape index (κ1) is 24.4. The summed E-state index contributed by atoms with van der Waals surface area (Å²) < 4.78 is 7.08. The molecule has 4 aromatic rings. The molecule has 5 rings (SSSR count). The number of carbonyl (C=O) groups excluding carboxylic acids is 2. The van der Waals surface area contributed by atoms with E-state index < -0.39 is 17.2 Å². The average Bonchev–Trinajstić information content (AvgIpc) is 3.20. The number of nitrogens with zero attached hydrogens (tertiary/aromatic N) is 4. The van der Waals surface area contributed by atoms with Crippen molar-refractivity contribution in [3.63, 3.8) is 0 Å². The average molecular weight is 499 g/mol. The molecule has 0 spiro atoms. The number of fused-ring (bicyclic) bond motifs is 1. The lowest BCUT2D eigenvalue weighted by Crippen LogP contribution is -2.52. The summed E-state index contributed by atoms with van der Waals surface area (Å²) in [6.07, 6.45) is 4.22. The predicted octanol–water partition coefficient (Wildman–Crippen LogP) is 5.32. The van der Waals surface area contributed by atoms with Gasteiger partial charge in [0.25, 0.3) is 11.7 Å². The smallest absolute Gasteiger partial charge is 0.408 e. The van der Waals surface area contributed by atoms with Crippen molar-refractivity contribution >= 4 is 23.7 Å². The number of alkyl carbamates (subject to hydrolysis) is 1. The Kier molecular flexibility index (Phi) is 6.15. The Morgan fingerprint density at radius 2 is 1.68 bits per heavy atom. The normalized spacial score (nSPS) is 14.6. The van der Waals surface area contributed by atoms with Crippen LogP contribution in [0.1, 0.15) is 52.5 Å². The molecule has 0 radical (unpaired) electrons. The van der Waals surface area contributed by atoms with E-state index in [-0.39, 0.29) is 11.9 Å². The fourth-order valence-electron chi connectivity index (χ4n) is 4.54. The van der Waals surface area contributed by atoms with Gasteiger partial charge in [0, 0.05) is 24.2 Å². The molecule has 0 unspecified atom stereocenters. The number of rotatable bonds is 5. The van der Waals surface area contributed by atoms with Gasteiger partial charge in [-0.05, 0) is 51.2 Å². The van der Waals surface area contributed by atoms with Crippen LogP contribution in [0.25, 0.3) is 28.2 Å². The van der Waals surface area contributed by atoms with Crippen LogP contribution < -0.4 is 10.6 Å². The quantitative estimate of drug-likeness (QED) is 0.385. The fourth-order valence-corrected chi connectivity index (χ4v) is 4.54. The van der Waals surface area contributed by atoms with Gasteiger partial charge in [0.2, 0.25) is 5.91 Å². The number of amides is 2. The summed E-state index contributed by atoms with van der Waals surface area (Å²) in [6, 6.07) is 18.0. The predicted molar refractivity (Wildman–Crippen MR) is 141 cm³/mol. The molecular weight excluding hydrogens is 468 g/mol. The van der Waals surface area contributed by atoms with E-state index in [1.54, 1.807) is 4.52 Å². The van der Waals surface area contributed by atoms with Crippen LogP contribution in [0.4, 0.5) is 10.7 Å². The van der Waals surface area contributed by atoms with E-state index in [1.165, 1.54) is 6.92 Å². The van der Waals surface area contributed by atoms with Crippen LogP contribution in [0, 0.1) is 0 Å². The molecule has 1 aliphatic rings. The Bertz CT molecular complexity index is 1450. The van der Waals surface area contributed by atoms with E-state index in [0.717, 1.165) is 47.2 Å². The molecule has 1 saturated carbocycles. The molecular formula is C28H30N6O3. The van der Waals surface area contributed by atoms with E-state index in [1.807, 2.05) is 81.6 Å². The number of carbonyl (C=O) groups is 2. The van der Waals surface area contributed by atoms with Crippen molar-refractivity contribution in [2.45, 2.75) is 58.1 Å². The molecule has 2 amide bonds. The van der Waals surface area contributed by atoms with Crippen LogP contribution in [-0.4, -0.2) is 37.2 Å². The lowest BCUT2D eigenvalue weighted by atomic mass is 9.71. The summed E-state index contributed by atoms with van der Waals surface area (Å²) in [7, 11) is 0. The van der Waals surface area contributed by atoms with Crippen LogP contribution in [0.3, 0.4) is 0 Å². The van der Waals surface area contributed by atoms with Crippen LogP contribution >= 0.6 is 0 Å². The molecule has 190 valence electrons. The van der Waals surface area contributed by atoms with Crippen LogP contribution in [-0.2, 0) is 15.1 Å². The van der Waals surface area contributed by atoms with Gasteiger partial charge in [0.15, 0.2) is 0 Å². The molecule has 1 aliphatic carbocycles. The lowest BCUT2D eigenvalue weighted by Gasteiger charge is -2.43. The van der Waals surface area contributed by atoms with Crippen molar-refractivity contribution in [2.75, 3.05) is 5.32 Å². The molecule has 0 atom stereocenters. The third-order valence-corrected chi connectivity index (χ3v) is 6.36. The second-order valence-electron chi connectivity index (χ2n) is 10.4. The maximum absolute atomic E-state index is 12.5. The highest BCUT2D eigenvalue weighted by molar-refractivity contribution is 5.87. The van der Waals surface area contributed by atoms with Crippen molar-refractivity contribution in [3.8, 4) is 22.4 Å². The van der Waals surface area contributed by atoms with Crippen molar-refractivity contribution in [2.24, 2.45) is 0 Å². The minimum atomic E-state index is -0.557. The van der Waals surface area contributed by atoms with E-state index in [0.29, 0.717) is 5.78 Å². The number of hydrogen-bond donors (Lipinski definition) is 2. The van der Waals surface area contributed by atoms with Gasteiger partial charge in [-0.3, -0.25) is 10.1 Å². The van der Waals surface area contributed by atoms with Gasteiger partial charge in [-0.15, -0.1) is 5.10 Å². The molecule has 2 aromatic heterocycles. The second kappa shape index (κ2) is 9.31. The summed E-state index contributed by atoms with van der Waals surface area (Å²) in [6.45, 7) is 6.99. The summed E-state index contributed by atoms with van der Waals surface area (Å²) in [4.78, 5) is 33.2. The third-order valence-electron chi connectivity index (χ3n) is 6.36. The zero-order valence-electron chi connectivity index (χ0n) is 21.4. The summed E-state index contributed by atoms with van der Waals surface area (Å²) in [5.41, 5.74) is 3.56. The van der Waals surface area contributed by atoms with Gasteiger partial charge in [0.05, 0.1) is 11.2 Å². The van der Waals surface area contributed by atoms with Gasteiger partial charge in [-0.1, -0.05) is 54.6 Å². The lowest BCUT2D eigenvalue weighted by molar-refractivity contribution is -0.114. The standard InChI is InChI=1S/C28H30N6O3/c1-18(35)29-24-31-25-30-23(22(17-34(25)33-24)19-9-6-5-7-10-19)20-11-13-21(14-12-20)28(15-8-16-28)32-26(36)37-27(2,3)4/h5-7,9-14,17H,8,15-16H2,1-4H3,(H,32,36)(H,29,33,35). The monoisotopic (exact) mass is 498 g/mol. The van der Waals surface area contributed by atoms with Crippen molar-refractivity contribution < 1.29 is 14.3 Å². The minimum absolute atomic E-state index is 0.201. The van der Waals surface area contributed by atoms with E-state index >= 15 is 0 Å². The van der Waals surface area contributed by atoms with E-state index in [9.17, 15) is 9.59 Å². The number of ether oxygens (including phenoxy) is 1. The van der Waals surface area contributed by atoms with Gasteiger partial charge < -0.3 is 10.1 Å². The van der Waals surface area contributed by atoms with Crippen LogP contribution in [0.15, 0.2) is 60.8 Å². The number of hydrogen-bond acceptors (Lipinski definition) is 6. The molecule has 2 aromatic carbocycles. The fraction of sp³-hybridized carbons (Fsp3) is 0.321. The molecule has 0 bridgehead atoms. The van der Waals surface area contributed by atoms with Gasteiger partial charge in [-0.25, -0.2) is 14.3 Å². The summed E-state index contributed by atoms with van der Waals surface area (Å²) in [5.74, 6) is 0.330. The SMILES string of the molecule is CC(=O)Nc1nc2nc(-c3ccc(C4(NC(=O)OC(C)(C)C)CCC4)cc3)c(-c3ccccc3)cn2n1. The highest BCUT2D eigenvalue weighted by Crippen LogP contribution is 2.42. The second-order valence-corrected chi connectivity index (χ2v) is 10.4. The number of aromatic nitrogens is 4. The first-order valence-electron chi connectivity index (χ1n) is 12.3. The number of benzene rings is 2. The van der Waals surface area contributed by atoms with E-state index in [4.69, 9.17) is 9.72 Å². The summed E-state index contributed by atoms with van der Waals surface area (Å²) >= 11 is 0. The largest absolute Gasteiger partial charge is 0.444 e. The van der Waals surface area contributed by atoms with Crippen molar-refractivity contribution in [3.05, 3.63) is 66.4 Å². The Hall–Kier alpha value is -4.27. The molecule has 0 saturated heterocycles. The topological polar surface area (TPSA) is 111 Å². The molecule has 1 fully saturated rings. The van der Waals surface area contributed by atoms with Gasteiger partial charge >= 0.3 is 6.09 Å². The summed E-state index contributed by atoms with van der Waals surface area (Å²) in [5, 5.41) is 10.1. The Balaban J connectivity index is 1.52. The van der Waals surface area contributed by atoms with Crippen molar-refractivity contribution in [1.82, 2.24) is 24.9 Å². The molecule has 0 aliphatic heterocycles. The third kappa shape index (κ3) is 5.16. The van der Waals surface area contributed by atoms with Crippen LogP contribution in [0.2, 0.25) is 0 Å². The Morgan fingerprint density at radius 3 is 2.27 bits per heavy atom. The number of nitrogens with one attached hydrogen (secondary N) is 2. The van der Waals surface area contributed by atoms with E-state index in [2.05, 4.69) is 20.7 Å².